The Balaban J connectivity index is 0.00000182. The highest BCUT2D eigenvalue weighted by atomic mass is 35.5. The molecular formula is C19H27ClN2O3. The van der Waals surface area contributed by atoms with Gasteiger partial charge >= 0.3 is 0 Å². The highest BCUT2D eigenvalue weighted by molar-refractivity contribution is 5.90. The van der Waals surface area contributed by atoms with Crippen LogP contribution in [-0.2, 0) is 16.0 Å². The summed E-state index contributed by atoms with van der Waals surface area (Å²) in [6.07, 6.45) is 1.87. The molecule has 6 heteroatoms. The number of nitrogens with two attached hydrogens (primary N) is 1. The van der Waals surface area contributed by atoms with Crippen LogP contribution >= 0.6 is 12.4 Å². The molecule has 1 aliphatic heterocycles. The molecule has 1 aromatic rings. The second-order valence-corrected chi connectivity index (χ2v) is 8.05. The molecule has 1 heterocycles. The Bertz CT molecular complexity index is 680. The van der Waals surface area contributed by atoms with Crippen molar-refractivity contribution in [3.8, 4) is 0 Å². The van der Waals surface area contributed by atoms with E-state index in [1.807, 2.05) is 38.1 Å². The Morgan fingerprint density at radius 1 is 1.36 bits per heavy atom. The average molecular weight is 367 g/mol. The van der Waals surface area contributed by atoms with Gasteiger partial charge in [-0.1, -0.05) is 38.1 Å². The molecule has 3 aliphatic rings. The molecule has 1 aromatic carbocycles. The van der Waals surface area contributed by atoms with Gasteiger partial charge in [-0.15, -0.1) is 12.4 Å². The number of aliphatic hydroxyl groups excluding tert-OH is 1. The quantitative estimate of drug-likeness (QED) is 0.744. The predicted octanol–water partition coefficient (Wildman–Crippen LogP) is 1.72. The maximum Gasteiger partial charge on any atom is 0.241 e. The Morgan fingerprint density at radius 2 is 2.08 bits per heavy atom. The Hall–Kier alpha value is -1.14. The predicted molar refractivity (Wildman–Crippen MR) is 97.4 cm³/mol. The van der Waals surface area contributed by atoms with Crippen LogP contribution in [0.4, 0.5) is 0 Å². The molecule has 5 atom stereocenters. The topological polar surface area (TPSA) is 84.6 Å². The number of halogens is 1. The standard InChI is InChI=1S/C19H26N2O3.ClH/c1-18(2)16-13(8-5-9-24-16)19(18,20)17(23)21-15-12-7-4-3-6-11(12)10-14(15)22;/h3-4,6-7,13-16,22H,5,8-10,20H2,1-2H3,(H,21,23);1H/t13?,14-,15+,16?,19?;/m0./s1. The lowest BCUT2D eigenvalue weighted by Gasteiger charge is -2.65. The van der Waals surface area contributed by atoms with Gasteiger partial charge < -0.3 is 20.9 Å². The summed E-state index contributed by atoms with van der Waals surface area (Å²) in [5.74, 6) is -0.116. The number of rotatable bonds is 2. The molecule has 1 saturated carbocycles. The third-order valence-corrected chi connectivity index (χ3v) is 6.55. The van der Waals surface area contributed by atoms with Crippen molar-refractivity contribution >= 4 is 18.3 Å². The summed E-state index contributed by atoms with van der Waals surface area (Å²) in [6.45, 7) is 4.77. The molecular weight excluding hydrogens is 340 g/mol. The fourth-order valence-electron chi connectivity index (χ4n) is 5.05. The number of ether oxygens (including phenoxy) is 1. The van der Waals surface area contributed by atoms with Crippen LogP contribution < -0.4 is 11.1 Å². The van der Waals surface area contributed by atoms with Crippen LogP contribution in [0.15, 0.2) is 24.3 Å². The maximum absolute atomic E-state index is 13.1. The van der Waals surface area contributed by atoms with Crippen LogP contribution in [-0.4, -0.2) is 35.4 Å². The largest absolute Gasteiger partial charge is 0.390 e. The first-order valence-electron chi connectivity index (χ1n) is 8.84. The molecule has 1 amide bonds. The number of carbonyl (C=O) groups is 1. The van der Waals surface area contributed by atoms with Crippen molar-refractivity contribution in [1.29, 1.82) is 0 Å². The fraction of sp³-hybridized carbons (Fsp3) is 0.632. The zero-order valence-corrected chi connectivity index (χ0v) is 15.5. The Morgan fingerprint density at radius 3 is 2.84 bits per heavy atom. The molecule has 1 saturated heterocycles. The van der Waals surface area contributed by atoms with Gasteiger partial charge in [0.15, 0.2) is 0 Å². The van der Waals surface area contributed by atoms with Crippen molar-refractivity contribution in [2.24, 2.45) is 17.1 Å². The number of carbonyl (C=O) groups excluding carboxylic acids is 1. The van der Waals surface area contributed by atoms with Crippen molar-refractivity contribution in [3.05, 3.63) is 35.4 Å². The lowest BCUT2D eigenvalue weighted by atomic mass is 9.46. The van der Waals surface area contributed by atoms with Gasteiger partial charge in [-0.3, -0.25) is 4.79 Å². The molecule has 25 heavy (non-hydrogen) atoms. The summed E-state index contributed by atoms with van der Waals surface area (Å²) in [6, 6.07) is 7.49. The highest BCUT2D eigenvalue weighted by Gasteiger charge is 2.70. The molecule has 138 valence electrons. The lowest BCUT2D eigenvalue weighted by molar-refractivity contribution is -0.225. The smallest absolute Gasteiger partial charge is 0.241 e. The minimum atomic E-state index is -0.949. The van der Waals surface area contributed by atoms with E-state index in [-0.39, 0.29) is 36.4 Å². The molecule has 4 N–H and O–H groups in total. The maximum atomic E-state index is 13.1. The zero-order valence-electron chi connectivity index (χ0n) is 14.7. The molecule has 0 spiro atoms. The molecule has 2 fully saturated rings. The second kappa shape index (κ2) is 6.23. The van der Waals surface area contributed by atoms with Crippen LogP contribution in [0.25, 0.3) is 0 Å². The first-order valence-corrected chi connectivity index (χ1v) is 8.84. The molecule has 0 bridgehead atoms. The van der Waals surface area contributed by atoms with E-state index in [1.54, 1.807) is 0 Å². The Labute approximate surface area is 154 Å². The summed E-state index contributed by atoms with van der Waals surface area (Å²) >= 11 is 0. The van der Waals surface area contributed by atoms with E-state index in [1.165, 1.54) is 0 Å². The van der Waals surface area contributed by atoms with Crippen molar-refractivity contribution in [3.63, 3.8) is 0 Å². The van der Waals surface area contributed by atoms with Gasteiger partial charge in [0, 0.05) is 24.4 Å². The molecule has 4 rings (SSSR count). The number of amides is 1. The third-order valence-electron chi connectivity index (χ3n) is 6.55. The summed E-state index contributed by atoms with van der Waals surface area (Å²) in [4.78, 5) is 13.1. The van der Waals surface area contributed by atoms with Crippen molar-refractivity contribution in [2.45, 2.75) is 56.9 Å². The third kappa shape index (κ3) is 2.44. The monoisotopic (exact) mass is 366 g/mol. The van der Waals surface area contributed by atoms with Crippen LogP contribution in [0, 0.1) is 11.3 Å². The number of hydrogen-bond acceptors (Lipinski definition) is 4. The fourth-order valence-corrected chi connectivity index (χ4v) is 5.05. The highest BCUT2D eigenvalue weighted by Crippen LogP contribution is 2.57. The van der Waals surface area contributed by atoms with Crippen LogP contribution in [0.3, 0.4) is 0 Å². The van der Waals surface area contributed by atoms with Gasteiger partial charge in [0.05, 0.1) is 18.2 Å². The first kappa shape index (κ1) is 18.6. The number of benzene rings is 1. The minimum absolute atomic E-state index is 0. The van der Waals surface area contributed by atoms with Crippen molar-refractivity contribution in [2.75, 3.05) is 6.61 Å². The molecule has 2 aliphatic carbocycles. The van der Waals surface area contributed by atoms with Crippen LogP contribution in [0.5, 0.6) is 0 Å². The van der Waals surface area contributed by atoms with Crippen molar-refractivity contribution < 1.29 is 14.6 Å². The van der Waals surface area contributed by atoms with Gasteiger partial charge in [-0.25, -0.2) is 0 Å². The van der Waals surface area contributed by atoms with E-state index in [4.69, 9.17) is 10.5 Å². The molecule has 3 unspecified atom stereocenters. The van der Waals surface area contributed by atoms with Gasteiger partial charge in [0.1, 0.15) is 5.54 Å². The number of nitrogens with one attached hydrogen (secondary N) is 1. The number of fused-ring (bicyclic) bond motifs is 2. The van der Waals surface area contributed by atoms with Crippen LogP contribution in [0.1, 0.15) is 43.9 Å². The van der Waals surface area contributed by atoms with E-state index in [0.717, 1.165) is 30.6 Å². The molecule has 5 nitrogen and oxygen atoms in total. The summed E-state index contributed by atoms with van der Waals surface area (Å²) < 4.78 is 5.88. The summed E-state index contributed by atoms with van der Waals surface area (Å²) in [5.41, 5.74) is 7.37. The number of aliphatic hydroxyl groups is 1. The summed E-state index contributed by atoms with van der Waals surface area (Å²) in [7, 11) is 0. The lowest BCUT2D eigenvalue weighted by Crippen LogP contribution is -2.82. The first-order chi connectivity index (χ1) is 11.4. The van der Waals surface area contributed by atoms with Gasteiger partial charge in [-0.05, 0) is 24.0 Å². The SMILES string of the molecule is CC1(C)C2OCCCC2C1(N)C(=O)N[C@@H]1c2ccccc2C[C@@H]1O.Cl. The normalized spacial score (nSPS) is 37.9. The van der Waals surface area contributed by atoms with Gasteiger partial charge in [0.25, 0.3) is 0 Å². The van der Waals surface area contributed by atoms with Crippen molar-refractivity contribution in [1.82, 2.24) is 5.32 Å². The average Bonchev–Trinajstić information content (AvgIpc) is 2.89. The molecule has 0 aromatic heterocycles. The van der Waals surface area contributed by atoms with Gasteiger partial charge in [-0.2, -0.15) is 0 Å². The van der Waals surface area contributed by atoms with Crippen LogP contribution in [0.2, 0.25) is 0 Å². The Kier molecular flexibility index (Phi) is 4.65. The minimum Gasteiger partial charge on any atom is -0.390 e. The van der Waals surface area contributed by atoms with E-state index in [2.05, 4.69) is 5.32 Å². The summed E-state index contributed by atoms with van der Waals surface area (Å²) in [5, 5.41) is 13.4. The number of hydrogen-bond donors (Lipinski definition) is 3. The van der Waals surface area contributed by atoms with E-state index < -0.39 is 17.1 Å². The van der Waals surface area contributed by atoms with E-state index in [0.29, 0.717) is 6.42 Å². The second-order valence-electron chi connectivity index (χ2n) is 8.05. The molecule has 0 radical (unpaired) electrons. The zero-order chi connectivity index (χ0) is 17.1. The van der Waals surface area contributed by atoms with Gasteiger partial charge in [0.2, 0.25) is 5.91 Å². The van der Waals surface area contributed by atoms with E-state index >= 15 is 0 Å². The van der Waals surface area contributed by atoms with E-state index in [9.17, 15) is 9.90 Å².